The standard InChI is InChI=1S/CH2O.K.Na.H2O8S2.H2O2S/c1-2;;;1-9(2,3)7-8-10(4,5)6;1-3-2/h1H2;;;(H,1,2,3)(H,4,5,6);1-2H/q;2*+1;;/p-2. The maximum Gasteiger partial charge on any atom is 1.00 e. The first kappa shape index (κ1) is 31.6. The van der Waals surface area contributed by atoms with Gasteiger partial charge in [0.05, 0.1) is 0 Å². The van der Waals surface area contributed by atoms with Crippen molar-refractivity contribution in [2.24, 2.45) is 0 Å². The zero-order valence-corrected chi connectivity index (χ0v) is 16.1. The van der Waals surface area contributed by atoms with Crippen molar-refractivity contribution in [2.75, 3.05) is 0 Å². The molecule has 0 atom stereocenters. The topological polar surface area (TPSA) is 190 Å². The Bertz CT molecular complexity index is 289. The molecule has 0 heterocycles. The summed E-state index contributed by atoms with van der Waals surface area (Å²) in [5.74, 6) is 0. The maximum atomic E-state index is 9.51. The van der Waals surface area contributed by atoms with Crippen molar-refractivity contribution in [1.82, 2.24) is 0 Å². The van der Waals surface area contributed by atoms with Crippen LogP contribution in [0.25, 0.3) is 0 Å². The Morgan fingerprint density at radius 3 is 1.12 bits per heavy atom. The second-order valence-electron chi connectivity index (χ2n) is 1.06. The molecule has 0 amide bonds. The summed E-state index contributed by atoms with van der Waals surface area (Å²) in [6.07, 6.45) is 0. The van der Waals surface area contributed by atoms with Crippen LogP contribution in [-0.4, -0.2) is 41.8 Å². The van der Waals surface area contributed by atoms with Crippen LogP contribution in [0.2, 0.25) is 0 Å². The molecule has 0 saturated carbocycles. The van der Waals surface area contributed by atoms with E-state index in [4.69, 9.17) is 23.0 Å². The van der Waals surface area contributed by atoms with Crippen molar-refractivity contribution in [3.8, 4) is 0 Å². The molecule has 17 heavy (non-hydrogen) atoms. The predicted octanol–water partition coefficient (Wildman–Crippen LogP) is -7.66. The van der Waals surface area contributed by atoms with Crippen LogP contribution in [0.3, 0.4) is 0 Å². The second kappa shape index (κ2) is 18.3. The summed E-state index contributed by atoms with van der Waals surface area (Å²) >= 11 is -0.750. The zero-order chi connectivity index (χ0) is 13.1. The third kappa shape index (κ3) is 56.2. The van der Waals surface area contributed by atoms with Crippen molar-refractivity contribution in [3.63, 3.8) is 0 Å². The average Bonchev–Trinajstić information content (AvgIpc) is 2.04. The van der Waals surface area contributed by atoms with Crippen LogP contribution in [0.15, 0.2) is 0 Å². The fourth-order valence-electron chi connectivity index (χ4n) is 0.0702. The summed E-state index contributed by atoms with van der Waals surface area (Å²) in [4.78, 5) is 8.00. The van der Waals surface area contributed by atoms with E-state index >= 15 is 0 Å². The minimum Gasteiger partial charge on any atom is -0.811 e. The van der Waals surface area contributed by atoms with E-state index in [1.165, 1.54) is 0 Å². The zero-order valence-electron chi connectivity index (χ0n) is 8.50. The van der Waals surface area contributed by atoms with E-state index < -0.39 is 33.1 Å². The molecule has 0 fully saturated rings. The first-order valence-corrected chi connectivity index (χ1v) is 5.55. The molecule has 0 aromatic rings. The maximum absolute atomic E-state index is 9.51. The molecule has 0 aromatic heterocycles. The van der Waals surface area contributed by atoms with Crippen molar-refractivity contribution >= 4 is 39.9 Å². The molecule has 0 aliphatic carbocycles. The Hall–Kier alpha value is 2.32. The molecular weight excluding hydrogens is 346 g/mol. The Morgan fingerprint density at radius 2 is 1.06 bits per heavy atom. The third-order valence-electron chi connectivity index (χ3n) is 0.200. The van der Waals surface area contributed by atoms with Gasteiger partial charge in [-0.1, -0.05) is 8.67 Å². The molecule has 0 aromatic carbocycles. The van der Waals surface area contributed by atoms with Crippen LogP contribution in [0.1, 0.15) is 0 Å². The van der Waals surface area contributed by atoms with Gasteiger partial charge in [-0.05, 0) is 0 Å². The number of carbonyl (C=O) groups is 1. The molecule has 0 aliphatic heterocycles. The SMILES string of the molecule is C=O.O=S(=O)(O)OOS(=O)(=O)O.[K+].[Na+].[O-]S[O-]. The van der Waals surface area contributed by atoms with E-state index in [1.54, 1.807) is 0 Å². The van der Waals surface area contributed by atoms with Gasteiger partial charge in [0.2, 0.25) is 0 Å². The van der Waals surface area contributed by atoms with Gasteiger partial charge in [0, 0.05) is 0 Å². The molecule has 0 bridgehead atoms. The average molecular weight is 350 g/mol. The van der Waals surface area contributed by atoms with E-state index in [1.807, 2.05) is 6.79 Å². The smallest absolute Gasteiger partial charge is 0.811 e. The molecule has 16 heteroatoms. The van der Waals surface area contributed by atoms with Crippen LogP contribution in [0, 0.1) is 0 Å². The normalized spacial score (nSPS) is 9.18. The molecule has 94 valence electrons. The summed E-state index contributed by atoms with van der Waals surface area (Å²) in [7, 11) is -10.0. The number of carbonyl (C=O) groups excluding carboxylic acids is 1. The summed E-state index contributed by atoms with van der Waals surface area (Å²) in [5, 5.41) is 0. The summed E-state index contributed by atoms with van der Waals surface area (Å²) in [6.45, 7) is 2.00. The van der Waals surface area contributed by atoms with Gasteiger partial charge < -0.3 is 26.2 Å². The molecule has 2 N–H and O–H groups in total. The van der Waals surface area contributed by atoms with Crippen molar-refractivity contribution in [1.29, 1.82) is 0 Å². The van der Waals surface area contributed by atoms with Crippen LogP contribution < -0.4 is 80.9 Å². The number of hydrogen-bond acceptors (Lipinski definition) is 10. The molecule has 0 spiro atoms. The minimum atomic E-state index is -5.02. The van der Waals surface area contributed by atoms with Gasteiger partial charge in [-0.3, -0.25) is 9.11 Å². The van der Waals surface area contributed by atoms with Crippen LogP contribution in [0.4, 0.5) is 0 Å². The van der Waals surface area contributed by atoms with E-state index in [0.29, 0.717) is 0 Å². The Morgan fingerprint density at radius 1 is 0.941 bits per heavy atom. The molecule has 0 saturated heterocycles. The fourth-order valence-corrected chi connectivity index (χ4v) is 0.632. The van der Waals surface area contributed by atoms with Gasteiger partial charge in [-0.15, -0.1) is 0 Å². The second-order valence-corrected chi connectivity index (χ2v) is 3.18. The molecular formula is CH4KNaO11S3. The molecule has 0 unspecified atom stereocenters. The van der Waals surface area contributed by atoms with Gasteiger partial charge in [0.25, 0.3) is 0 Å². The summed E-state index contributed by atoms with van der Waals surface area (Å²) in [5.41, 5.74) is 0. The largest absolute Gasteiger partial charge is 1.00 e. The monoisotopic (exact) mass is 350 g/mol. The minimum absolute atomic E-state index is 0. The Labute approximate surface area is 166 Å². The van der Waals surface area contributed by atoms with E-state index in [9.17, 15) is 16.8 Å². The van der Waals surface area contributed by atoms with Gasteiger partial charge in [0.1, 0.15) is 6.79 Å². The fraction of sp³-hybridized carbons (Fsp3) is 0. The van der Waals surface area contributed by atoms with E-state index in [0.717, 1.165) is 0 Å². The van der Waals surface area contributed by atoms with Gasteiger partial charge in [-0.25, -0.2) is 0 Å². The first-order valence-electron chi connectivity index (χ1n) is 2.15. The predicted molar refractivity (Wildman–Crippen MR) is 41.5 cm³/mol. The summed E-state index contributed by atoms with van der Waals surface area (Å²) in [6, 6.07) is 0. The molecule has 0 aliphatic rings. The first-order chi connectivity index (χ1) is 6.62. The molecule has 11 nitrogen and oxygen atoms in total. The van der Waals surface area contributed by atoms with E-state index in [-0.39, 0.29) is 80.9 Å². The van der Waals surface area contributed by atoms with Crippen molar-refractivity contribution in [2.45, 2.75) is 0 Å². The summed E-state index contributed by atoms with van der Waals surface area (Å²) < 4.78 is 75.5. The molecule has 0 radical (unpaired) electrons. The van der Waals surface area contributed by atoms with Crippen LogP contribution >= 0.6 is 12.3 Å². The molecule has 0 rings (SSSR count). The van der Waals surface area contributed by atoms with E-state index in [2.05, 4.69) is 8.67 Å². The van der Waals surface area contributed by atoms with Gasteiger partial charge in [0.15, 0.2) is 0 Å². The third-order valence-corrected chi connectivity index (χ3v) is 0.766. The van der Waals surface area contributed by atoms with Gasteiger partial charge in [-0.2, -0.15) is 16.8 Å². The Balaban J connectivity index is -0.0000000598. The number of hydrogen-bond donors (Lipinski definition) is 2. The Kier molecular flexibility index (Phi) is 34.1. The van der Waals surface area contributed by atoms with Crippen molar-refractivity contribution < 1.29 is 129 Å². The van der Waals surface area contributed by atoms with Crippen LogP contribution in [0.5, 0.6) is 0 Å². The van der Waals surface area contributed by atoms with Gasteiger partial charge >= 0.3 is 102 Å². The number of rotatable bonds is 3. The quantitative estimate of drug-likeness (QED) is 0.161. The van der Waals surface area contributed by atoms with Crippen molar-refractivity contribution in [3.05, 3.63) is 0 Å². The van der Waals surface area contributed by atoms with Crippen LogP contribution in [-0.2, 0) is 34.3 Å².